The summed E-state index contributed by atoms with van der Waals surface area (Å²) in [5, 5.41) is 11.8. The smallest absolute Gasteiger partial charge is 0.307 e. The molecule has 0 aromatic heterocycles. The van der Waals surface area contributed by atoms with Gasteiger partial charge in [0.2, 0.25) is 5.91 Å². The van der Waals surface area contributed by atoms with Crippen molar-refractivity contribution in [3.63, 3.8) is 0 Å². The van der Waals surface area contributed by atoms with Crippen molar-refractivity contribution < 1.29 is 19.4 Å². The van der Waals surface area contributed by atoms with Crippen LogP contribution in [0.15, 0.2) is 18.2 Å². The van der Waals surface area contributed by atoms with Crippen molar-refractivity contribution in [3.05, 3.63) is 23.8 Å². The molecule has 5 heteroatoms. The highest BCUT2D eigenvalue weighted by Gasteiger charge is 2.68. The number of nitrogens with one attached hydrogen (secondary N) is 1. The number of aliphatic carboxylic acids is 1. The zero-order valence-corrected chi connectivity index (χ0v) is 9.19. The van der Waals surface area contributed by atoms with Gasteiger partial charge in [-0.15, -0.1) is 0 Å². The molecule has 1 amide bonds. The van der Waals surface area contributed by atoms with Crippen LogP contribution in [0.2, 0.25) is 0 Å². The Kier molecular flexibility index (Phi) is 1.79. The Labute approximate surface area is 97.4 Å². The number of hydrogen-bond donors (Lipinski definition) is 2. The summed E-state index contributed by atoms with van der Waals surface area (Å²) in [6.07, 6.45) is 0.369. The van der Waals surface area contributed by atoms with Crippen LogP contribution in [0.1, 0.15) is 12.0 Å². The number of hydrogen-bond acceptors (Lipinski definition) is 3. The zero-order valence-electron chi connectivity index (χ0n) is 9.19. The third-order valence-electron chi connectivity index (χ3n) is 3.63. The van der Waals surface area contributed by atoms with Crippen molar-refractivity contribution in [2.45, 2.75) is 11.8 Å². The van der Waals surface area contributed by atoms with Gasteiger partial charge in [-0.05, 0) is 18.1 Å². The van der Waals surface area contributed by atoms with Crippen LogP contribution >= 0.6 is 0 Å². The number of anilines is 1. The highest BCUT2D eigenvalue weighted by atomic mass is 16.5. The fraction of sp³-hybridized carbons (Fsp3) is 0.333. The number of rotatable bonds is 2. The highest BCUT2D eigenvalue weighted by molar-refractivity contribution is 6.13. The van der Waals surface area contributed by atoms with Gasteiger partial charge in [-0.25, -0.2) is 0 Å². The lowest BCUT2D eigenvalue weighted by Crippen LogP contribution is -2.24. The van der Waals surface area contributed by atoms with E-state index in [0.717, 1.165) is 5.56 Å². The van der Waals surface area contributed by atoms with Crippen molar-refractivity contribution in [2.75, 3.05) is 12.4 Å². The van der Waals surface area contributed by atoms with Crippen LogP contribution in [0, 0.1) is 5.92 Å². The van der Waals surface area contributed by atoms with Crippen LogP contribution in [-0.4, -0.2) is 24.1 Å². The van der Waals surface area contributed by atoms with E-state index in [2.05, 4.69) is 5.32 Å². The minimum Gasteiger partial charge on any atom is -0.495 e. The topological polar surface area (TPSA) is 75.6 Å². The molecular formula is C12H11NO4. The summed E-state index contributed by atoms with van der Waals surface area (Å²) in [7, 11) is 1.52. The predicted molar refractivity (Wildman–Crippen MR) is 59.0 cm³/mol. The summed E-state index contributed by atoms with van der Waals surface area (Å²) in [4.78, 5) is 23.0. The molecule has 0 saturated heterocycles. The lowest BCUT2D eigenvalue weighted by Gasteiger charge is -2.07. The molecule has 0 bridgehead atoms. The number of methoxy groups -OCH3 is 1. The summed E-state index contributed by atoms with van der Waals surface area (Å²) in [5.74, 6) is -1.19. The molecule has 5 nitrogen and oxygen atoms in total. The first-order chi connectivity index (χ1) is 8.11. The third-order valence-corrected chi connectivity index (χ3v) is 3.63. The predicted octanol–water partition coefficient (Wildman–Crippen LogP) is 0.990. The molecule has 1 aromatic carbocycles. The highest BCUT2D eigenvalue weighted by Crippen LogP contribution is 2.61. The molecule has 2 atom stereocenters. The first kappa shape index (κ1) is 10.1. The standard InChI is InChI=1S/C12H11NO4/c1-17-8-4-2-3-6-9(8)13-11(16)12(6)5-7(12)10(14)15/h2-4,7H,5H2,1H3,(H,13,16)(H,14,15). The summed E-state index contributed by atoms with van der Waals surface area (Å²) in [6, 6.07) is 5.31. The van der Waals surface area contributed by atoms with Crippen molar-refractivity contribution >= 4 is 17.6 Å². The van der Waals surface area contributed by atoms with Crippen molar-refractivity contribution in [3.8, 4) is 5.75 Å². The molecule has 1 heterocycles. The number of ether oxygens (including phenoxy) is 1. The van der Waals surface area contributed by atoms with E-state index in [-0.39, 0.29) is 5.91 Å². The van der Waals surface area contributed by atoms with E-state index in [9.17, 15) is 9.59 Å². The molecule has 1 aliphatic carbocycles. The average Bonchev–Trinajstić information content (AvgIpc) is 2.99. The number of benzene rings is 1. The number of carboxylic acids is 1. The maximum atomic E-state index is 12.0. The molecule has 88 valence electrons. The van der Waals surface area contributed by atoms with Crippen LogP contribution in [0.3, 0.4) is 0 Å². The lowest BCUT2D eigenvalue weighted by molar-refractivity contribution is -0.140. The monoisotopic (exact) mass is 233 g/mol. The molecule has 1 spiro atoms. The van der Waals surface area contributed by atoms with Crippen molar-refractivity contribution in [1.29, 1.82) is 0 Å². The quantitative estimate of drug-likeness (QED) is 0.798. The molecule has 17 heavy (non-hydrogen) atoms. The second-order valence-electron chi connectivity index (χ2n) is 4.40. The molecule has 2 unspecified atom stereocenters. The van der Waals surface area contributed by atoms with Gasteiger partial charge < -0.3 is 15.2 Å². The van der Waals surface area contributed by atoms with Crippen LogP contribution in [0.25, 0.3) is 0 Å². The minimum atomic E-state index is -0.921. The van der Waals surface area contributed by atoms with Gasteiger partial charge in [-0.1, -0.05) is 12.1 Å². The number of carbonyl (C=O) groups is 2. The van der Waals surface area contributed by atoms with E-state index in [1.165, 1.54) is 7.11 Å². The van der Waals surface area contributed by atoms with E-state index in [1.54, 1.807) is 18.2 Å². The van der Waals surface area contributed by atoms with Gasteiger partial charge in [-0.3, -0.25) is 9.59 Å². The van der Waals surface area contributed by atoms with E-state index in [4.69, 9.17) is 9.84 Å². The van der Waals surface area contributed by atoms with Crippen LogP contribution < -0.4 is 10.1 Å². The Balaban J connectivity index is 2.13. The molecule has 1 fully saturated rings. The molecule has 1 aromatic rings. The molecular weight excluding hydrogens is 222 g/mol. The van der Waals surface area contributed by atoms with E-state index >= 15 is 0 Å². The number of amides is 1. The van der Waals surface area contributed by atoms with Crippen molar-refractivity contribution in [2.24, 2.45) is 5.92 Å². The molecule has 0 radical (unpaired) electrons. The third kappa shape index (κ3) is 1.08. The van der Waals surface area contributed by atoms with Gasteiger partial charge >= 0.3 is 5.97 Å². The summed E-state index contributed by atoms with van der Waals surface area (Å²) >= 11 is 0. The Morgan fingerprint density at radius 3 is 2.94 bits per heavy atom. The number of carboxylic acid groups (broad SMARTS) is 1. The normalized spacial score (nSPS) is 28.8. The second-order valence-corrected chi connectivity index (χ2v) is 4.40. The minimum absolute atomic E-state index is 0.232. The molecule has 3 rings (SSSR count). The zero-order chi connectivity index (χ0) is 12.2. The number of para-hydroxylation sites is 1. The van der Waals surface area contributed by atoms with Gasteiger partial charge in [0.1, 0.15) is 5.75 Å². The molecule has 2 aliphatic rings. The van der Waals surface area contributed by atoms with Gasteiger partial charge in [-0.2, -0.15) is 0 Å². The van der Waals surface area contributed by atoms with Gasteiger partial charge in [0.15, 0.2) is 0 Å². The number of fused-ring (bicyclic) bond motifs is 2. The largest absolute Gasteiger partial charge is 0.495 e. The van der Waals surface area contributed by atoms with Crippen LogP contribution in [-0.2, 0) is 15.0 Å². The Morgan fingerprint density at radius 2 is 2.35 bits per heavy atom. The Bertz CT molecular complexity index is 539. The maximum absolute atomic E-state index is 12.0. The van der Waals surface area contributed by atoms with E-state index in [1.807, 2.05) is 0 Å². The summed E-state index contributed by atoms with van der Waals surface area (Å²) < 4.78 is 5.16. The molecule has 1 saturated carbocycles. The average molecular weight is 233 g/mol. The fourth-order valence-electron chi connectivity index (χ4n) is 2.66. The second kappa shape index (κ2) is 3.00. The Morgan fingerprint density at radius 1 is 1.59 bits per heavy atom. The fourth-order valence-corrected chi connectivity index (χ4v) is 2.66. The molecule has 2 N–H and O–H groups in total. The molecule has 1 aliphatic heterocycles. The van der Waals surface area contributed by atoms with Gasteiger partial charge in [0.05, 0.1) is 24.1 Å². The lowest BCUT2D eigenvalue weighted by atomic mass is 9.94. The van der Waals surface area contributed by atoms with Gasteiger partial charge in [0.25, 0.3) is 0 Å². The van der Waals surface area contributed by atoms with Gasteiger partial charge in [0, 0.05) is 0 Å². The van der Waals surface area contributed by atoms with Crippen LogP contribution in [0.5, 0.6) is 5.75 Å². The van der Waals surface area contributed by atoms with E-state index < -0.39 is 17.3 Å². The summed E-state index contributed by atoms with van der Waals surface area (Å²) in [6.45, 7) is 0. The first-order valence-corrected chi connectivity index (χ1v) is 5.33. The van der Waals surface area contributed by atoms with Crippen molar-refractivity contribution in [1.82, 2.24) is 0 Å². The first-order valence-electron chi connectivity index (χ1n) is 5.33. The maximum Gasteiger partial charge on any atom is 0.307 e. The summed E-state index contributed by atoms with van der Waals surface area (Å²) in [5.41, 5.74) is 0.494. The Hall–Kier alpha value is -2.04. The van der Waals surface area contributed by atoms with Crippen LogP contribution in [0.4, 0.5) is 5.69 Å². The number of carbonyl (C=O) groups excluding carboxylic acids is 1. The SMILES string of the molecule is COc1cccc2c1NC(=O)C21CC1C(=O)O. The van der Waals surface area contributed by atoms with E-state index in [0.29, 0.717) is 17.9 Å².